The van der Waals surface area contributed by atoms with Crippen molar-refractivity contribution in [2.24, 2.45) is 5.73 Å². The Bertz CT molecular complexity index is 722. The quantitative estimate of drug-likeness (QED) is 0.911. The van der Waals surface area contributed by atoms with Gasteiger partial charge in [0.15, 0.2) is 0 Å². The zero-order chi connectivity index (χ0) is 17.6. The van der Waals surface area contributed by atoms with Gasteiger partial charge in [-0.05, 0) is 43.5 Å². The summed E-state index contributed by atoms with van der Waals surface area (Å²) in [6.45, 7) is 1.54. The predicted octanol–water partition coefficient (Wildman–Crippen LogP) is 2.92. The molecule has 1 atom stereocenters. The minimum atomic E-state index is -0.696. The molecule has 2 amide bonds. The number of ether oxygens (including phenoxy) is 1. The van der Waals surface area contributed by atoms with Gasteiger partial charge in [0.1, 0.15) is 5.75 Å². The highest BCUT2D eigenvalue weighted by Crippen LogP contribution is 2.25. The lowest BCUT2D eigenvalue weighted by atomic mass is 10.1. The Balaban J connectivity index is 1.83. The highest BCUT2D eigenvalue weighted by Gasteiger charge is 2.28. The Morgan fingerprint density at radius 3 is 2.16 bits per heavy atom. The zero-order valence-corrected chi connectivity index (χ0v) is 14.1. The number of benzene rings is 2. The van der Waals surface area contributed by atoms with E-state index in [4.69, 9.17) is 10.5 Å². The van der Waals surface area contributed by atoms with E-state index in [1.807, 2.05) is 35.2 Å². The summed E-state index contributed by atoms with van der Waals surface area (Å²) in [5.74, 6) is 0.0182. The average Bonchev–Trinajstić information content (AvgIpc) is 2.67. The van der Waals surface area contributed by atoms with E-state index >= 15 is 0 Å². The number of amides is 2. The normalized spacial score (nSPS) is 15.4. The van der Waals surface area contributed by atoms with Crippen LogP contribution in [0.1, 0.15) is 41.3 Å². The van der Waals surface area contributed by atoms with E-state index in [1.54, 1.807) is 24.3 Å². The van der Waals surface area contributed by atoms with Crippen LogP contribution in [-0.4, -0.2) is 29.8 Å². The van der Waals surface area contributed by atoms with Crippen LogP contribution in [0.2, 0.25) is 0 Å². The van der Waals surface area contributed by atoms with Crippen molar-refractivity contribution >= 4 is 11.8 Å². The number of piperidine rings is 1. The van der Waals surface area contributed by atoms with Crippen LogP contribution >= 0.6 is 0 Å². The third kappa shape index (κ3) is 4.18. The van der Waals surface area contributed by atoms with Crippen LogP contribution in [0.5, 0.6) is 5.75 Å². The lowest BCUT2D eigenvalue weighted by Crippen LogP contribution is -2.40. The van der Waals surface area contributed by atoms with Crippen molar-refractivity contribution in [1.82, 2.24) is 4.90 Å². The van der Waals surface area contributed by atoms with Crippen molar-refractivity contribution in [3.63, 3.8) is 0 Å². The van der Waals surface area contributed by atoms with Gasteiger partial charge in [0.25, 0.3) is 5.91 Å². The van der Waals surface area contributed by atoms with Crippen LogP contribution < -0.4 is 10.5 Å². The van der Waals surface area contributed by atoms with Crippen LogP contribution in [0.3, 0.4) is 0 Å². The molecule has 1 saturated heterocycles. The van der Waals surface area contributed by atoms with E-state index in [9.17, 15) is 9.59 Å². The first-order valence-electron chi connectivity index (χ1n) is 8.55. The fourth-order valence-electron chi connectivity index (χ4n) is 3.00. The van der Waals surface area contributed by atoms with Crippen molar-refractivity contribution in [1.29, 1.82) is 0 Å². The van der Waals surface area contributed by atoms with Crippen LogP contribution in [0.4, 0.5) is 0 Å². The molecule has 1 aliphatic rings. The largest absolute Gasteiger partial charge is 0.476 e. The van der Waals surface area contributed by atoms with Crippen molar-refractivity contribution in [2.45, 2.75) is 25.4 Å². The van der Waals surface area contributed by atoms with Crippen LogP contribution in [0.25, 0.3) is 0 Å². The van der Waals surface area contributed by atoms with Crippen molar-refractivity contribution < 1.29 is 14.3 Å². The average molecular weight is 338 g/mol. The Morgan fingerprint density at radius 1 is 0.920 bits per heavy atom. The zero-order valence-electron chi connectivity index (χ0n) is 14.1. The number of carbonyl (C=O) groups excluding carboxylic acids is 2. The molecule has 5 nitrogen and oxygen atoms in total. The van der Waals surface area contributed by atoms with Gasteiger partial charge < -0.3 is 15.4 Å². The third-order valence-electron chi connectivity index (χ3n) is 4.39. The molecule has 0 saturated carbocycles. The molecular formula is C20H22N2O3. The second kappa shape index (κ2) is 7.83. The monoisotopic (exact) mass is 338 g/mol. The minimum absolute atomic E-state index is 0.0233. The second-order valence-corrected chi connectivity index (χ2v) is 6.18. The number of primary amides is 1. The molecular weight excluding hydrogens is 316 g/mol. The smallest absolute Gasteiger partial charge is 0.268 e. The number of nitrogens with two attached hydrogens (primary N) is 1. The Morgan fingerprint density at radius 2 is 1.56 bits per heavy atom. The maximum absolute atomic E-state index is 13.0. The molecule has 2 aromatic rings. The van der Waals surface area contributed by atoms with Gasteiger partial charge in [0.2, 0.25) is 12.0 Å². The molecule has 130 valence electrons. The first-order chi connectivity index (χ1) is 12.1. The molecule has 3 rings (SSSR count). The maximum Gasteiger partial charge on any atom is 0.268 e. The van der Waals surface area contributed by atoms with Crippen molar-refractivity contribution in [3.05, 3.63) is 65.7 Å². The summed E-state index contributed by atoms with van der Waals surface area (Å²) >= 11 is 0. The predicted molar refractivity (Wildman–Crippen MR) is 95.2 cm³/mol. The van der Waals surface area contributed by atoms with E-state index < -0.39 is 12.0 Å². The standard InChI is InChI=1S/C20H22N2O3/c21-19(23)16-9-11-17(12-10-16)25-18(15-7-3-1-4-8-15)20(24)22-13-5-2-6-14-22/h1,3-4,7-12,18H,2,5-6,13-14H2,(H2,21,23)/t18-/m0/s1. The molecule has 0 aliphatic carbocycles. The molecule has 1 fully saturated rings. The minimum Gasteiger partial charge on any atom is -0.476 e. The number of hydrogen-bond acceptors (Lipinski definition) is 3. The fraction of sp³-hybridized carbons (Fsp3) is 0.300. The molecule has 5 heteroatoms. The molecule has 2 N–H and O–H groups in total. The van der Waals surface area contributed by atoms with E-state index in [-0.39, 0.29) is 5.91 Å². The van der Waals surface area contributed by atoms with Crippen molar-refractivity contribution in [2.75, 3.05) is 13.1 Å². The molecule has 0 radical (unpaired) electrons. The molecule has 2 aromatic carbocycles. The van der Waals surface area contributed by atoms with Gasteiger partial charge in [-0.3, -0.25) is 9.59 Å². The lowest BCUT2D eigenvalue weighted by molar-refractivity contribution is -0.140. The Labute approximate surface area is 147 Å². The van der Waals surface area contributed by atoms with Crippen LogP contribution in [0.15, 0.2) is 54.6 Å². The molecule has 0 bridgehead atoms. The van der Waals surface area contributed by atoms with E-state index in [1.165, 1.54) is 0 Å². The number of carbonyl (C=O) groups is 2. The maximum atomic E-state index is 13.0. The van der Waals surface area contributed by atoms with Gasteiger partial charge in [-0.25, -0.2) is 0 Å². The van der Waals surface area contributed by atoms with Gasteiger partial charge in [-0.1, -0.05) is 30.3 Å². The summed E-state index contributed by atoms with van der Waals surface area (Å²) < 4.78 is 6.01. The van der Waals surface area contributed by atoms with Gasteiger partial charge in [0.05, 0.1) is 0 Å². The Hall–Kier alpha value is -2.82. The summed E-state index contributed by atoms with van der Waals surface area (Å²) in [4.78, 5) is 26.1. The first-order valence-corrected chi connectivity index (χ1v) is 8.55. The summed E-state index contributed by atoms with van der Waals surface area (Å²) in [7, 11) is 0. The van der Waals surface area contributed by atoms with Gasteiger partial charge >= 0.3 is 0 Å². The number of hydrogen-bond donors (Lipinski definition) is 1. The third-order valence-corrected chi connectivity index (χ3v) is 4.39. The van der Waals surface area contributed by atoms with Crippen molar-refractivity contribution in [3.8, 4) is 5.75 Å². The summed E-state index contributed by atoms with van der Waals surface area (Å²) in [6.07, 6.45) is 2.52. The molecule has 1 aliphatic heterocycles. The van der Waals surface area contributed by atoms with Crippen LogP contribution in [-0.2, 0) is 4.79 Å². The highest BCUT2D eigenvalue weighted by molar-refractivity contribution is 5.92. The molecule has 25 heavy (non-hydrogen) atoms. The first kappa shape index (κ1) is 17.0. The highest BCUT2D eigenvalue weighted by atomic mass is 16.5. The molecule has 0 unspecified atom stereocenters. The summed E-state index contributed by atoms with van der Waals surface area (Å²) in [6, 6.07) is 16.0. The molecule has 1 heterocycles. The number of rotatable bonds is 5. The van der Waals surface area contributed by atoms with Gasteiger partial charge in [-0.2, -0.15) is 0 Å². The summed E-state index contributed by atoms with van der Waals surface area (Å²) in [5, 5.41) is 0. The summed E-state index contributed by atoms with van der Waals surface area (Å²) in [5.41, 5.74) is 6.49. The van der Waals surface area contributed by atoms with Gasteiger partial charge in [0, 0.05) is 24.2 Å². The topological polar surface area (TPSA) is 72.6 Å². The number of likely N-dealkylation sites (tertiary alicyclic amines) is 1. The van der Waals surface area contributed by atoms with Gasteiger partial charge in [-0.15, -0.1) is 0 Å². The SMILES string of the molecule is NC(=O)c1ccc(O[C@H](C(=O)N2CCCCC2)c2ccccc2)cc1. The molecule has 0 spiro atoms. The Kier molecular flexibility index (Phi) is 5.33. The lowest BCUT2D eigenvalue weighted by Gasteiger charge is -2.30. The van der Waals surface area contributed by atoms with E-state index in [0.29, 0.717) is 11.3 Å². The van der Waals surface area contributed by atoms with E-state index in [0.717, 1.165) is 37.9 Å². The van der Waals surface area contributed by atoms with Crippen LogP contribution in [0, 0.1) is 0 Å². The second-order valence-electron chi connectivity index (χ2n) is 6.18. The fourth-order valence-corrected chi connectivity index (χ4v) is 3.00. The van der Waals surface area contributed by atoms with E-state index in [2.05, 4.69) is 0 Å². The number of nitrogens with zero attached hydrogens (tertiary/aromatic N) is 1. The molecule has 0 aromatic heterocycles.